The summed E-state index contributed by atoms with van der Waals surface area (Å²) in [5.41, 5.74) is 1.73. The van der Waals surface area contributed by atoms with Gasteiger partial charge in [0.25, 0.3) is 5.91 Å². The maximum absolute atomic E-state index is 14.3. The molecule has 0 unspecified atom stereocenters. The molecule has 0 saturated carbocycles. The van der Waals surface area contributed by atoms with Crippen molar-refractivity contribution in [2.24, 2.45) is 0 Å². The second kappa shape index (κ2) is 9.45. The van der Waals surface area contributed by atoms with E-state index in [9.17, 15) is 14.3 Å². The third-order valence-electron chi connectivity index (χ3n) is 5.30. The van der Waals surface area contributed by atoms with Gasteiger partial charge in [0.15, 0.2) is 29.8 Å². The monoisotopic (exact) mass is 467 g/mol. The molecule has 34 heavy (non-hydrogen) atoms. The minimum atomic E-state index is -0.661. The Labute approximate surface area is 194 Å². The van der Waals surface area contributed by atoms with E-state index in [1.54, 1.807) is 12.1 Å². The van der Waals surface area contributed by atoms with Crippen molar-refractivity contribution in [2.45, 2.75) is 6.10 Å². The van der Waals surface area contributed by atoms with Gasteiger partial charge in [0, 0.05) is 24.5 Å². The lowest BCUT2D eigenvalue weighted by atomic mass is 10.2. The predicted octanol–water partition coefficient (Wildman–Crippen LogP) is 2.03. The van der Waals surface area contributed by atoms with Gasteiger partial charge in [-0.1, -0.05) is 0 Å². The fraction of sp³-hybridized carbons (Fsp3) is 0.273. The van der Waals surface area contributed by atoms with Crippen LogP contribution in [0.4, 0.5) is 39.2 Å². The highest BCUT2D eigenvalue weighted by molar-refractivity contribution is 5.94. The number of morpholine rings is 1. The van der Waals surface area contributed by atoms with E-state index in [2.05, 4.69) is 35.8 Å². The molecule has 4 N–H and O–H groups in total. The number of pyridine rings is 1. The molecule has 2 aliphatic rings. The molecule has 0 spiro atoms. The summed E-state index contributed by atoms with van der Waals surface area (Å²) in [6.07, 6.45) is 0.858. The highest BCUT2D eigenvalue weighted by Gasteiger charge is 2.20. The molecule has 3 aromatic rings. The van der Waals surface area contributed by atoms with Crippen LogP contribution in [0, 0.1) is 5.82 Å². The molecular weight excluding hydrogens is 445 g/mol. The molecule has 1 fully saturated rings. The molecule has 0 bridgehead atoms. The normalized spacial score (nSPS) is 17.4. The SMILES string of the molecule is O=C1COc2ccc(Nc3nc(Nc4ccc(N5CCO[C@@H](CO)C5)cc4)ncc3F)nc2N1. The molecule has 2 aliphatic heterocycles. The highest BCUT2D eigenvalue weighted by Crippen LogP contribution is 2.29. The van der Waals surface area contributed by atoms with Crippen molar-refractivity contribution in [3.8, 4) is 5.75 Å². The molecule has 0 radical (unpaired) electrons. The van der Waals surface area contributed by atoms with Crippen molar-refractivity contribution in [1.82, 2.24) is 15.0 Å². The first-order chi connectivity index (χ1) is 16.6. The number of hydrogen-bond acceptors (Lipinski definition) is 10. The number of aliphatic hydroxyl groups excluding tert-OH is 1. The van der Waals surface area contributed by atoms with Crippen molar-refractivity contribution in [2.75, 3.05) is 53.8 Å². The Bertz CT molecular complexity index is 1190. The van der Waals surface area contributed by atoms with E-state index < -0.39 is 5.82 Å². The Kier molecular flexibility index (Phi) is 6.06. The van der Waals surface area contributed by atoms with Crippen LogP contribution >= 0.6 is 0 Å². The van der Waals surface area contributed by atoms with Gasteiger partial charge in [-0.2, -0.15) is 4.98 Å². The Morgan fingerprint density at radius 3 is 2.85 bits per heavy atom. The number of nitrogens with one attached hydrogen (secondary N) is 3. The number of hydrogen-bond donors (Lipinski definition) is 4. The summed E-state index contributed by atoms with van der Waals surface area (Å²) in [5, 5.41) is 17.8. The summed E-state index contributed by atoms with van der Waals surface area (Å²) in [7, 11) is 0. The highest BCUT2D eigenvalue weighted by atomic mass is 19.1. The molecule has 1 atom stereocenters. The van der Waals surface area contributed by atoms with Gasteiger partial charge >= 0.3 is 0 Å². The lowest BCUT2D eigenvalue weighted by Gasteiger charge is -2.33. The van der Waals surface area contributed by atoms with Gasteiger partial charge in [0.05, 0.1) is 25.5 Å². The minimum Gasteiger partial charge on any atom is -0.480 e. The average Bonchev–Trinajstić information content (AvgIpc) is 2.86. The van der Waals surface area contributed by atoms with Crippen LogP contribution in [0.15, 0.2) is 42.6 Å². The van der Waals surface area contributed by atoms with E-state index >= 15 is 0 Å². The number of carbonyl (C=O) groups is 1. The first-order valence-corrected chi connectivity index (χ1v) is 10.6. The first-order valence-electron chi connectivity index (χ1n) is 10.6. The summed E-state index contributed by atoms with van der Waals surface area (Å²) >= 11 is 0. The molecular formula is C22H22FN7O4. The van der Waals surface area contributed by atoms with E-state index in [0.717, 1.165) is 24.1 Å². The van der Waals surface area contributed by atoms with Crippen LogP contribution in [-0.4, -0.2) is 65.0 Å². The Balaban J connectivity index is 1.28. The molecule has 5 rings (SSSR count). The molecule has 0 aliphatic carbocycles. The van der Waals surface area contributed by atoms with Crippen molar-refractivity contribution >= 4 is 40.7 Å². The Hall–Kier alpha value is -4.03. The number of aromatic nitrogens is 3. The molecule has 4 heterocycles. The molecule has 1 saturated heterocycles. The zero-order chi connectivity index (χ0) is 23.5. The van der Waals surface area contributed by atoms with Gasteiger partial charge in [-0.15, -0.1) is 0 Å². The lowest BCUT2D eigenvalue weighted by Crippen LogP contribution is -2.44. The van der Waals surface area contributed by atoms with Crippen molar-refractivity contribution < 1.29 is 23.8 Å². The van der Waals surface area contributed by atoms with E-state index in [1.807, 2.05) is 24.3 Å². The van der Waals surface area contributed by atoms with E-state index in [-0.39, 0.29) is 48.6 Å². The standard InChI is InChI=1S/C22H22FN7O4/c23-16-9-24-22(25-13-1-3-14(4-2-13)30-7-8-33-15(10-30)11-31)29-20(16)26-18-6-5-17-21(27-18)28-19(32)12-34-17/h1-6,9,15,31H,7-8,10-12H2,(H3,24,25,26,27,28,29,32)/t15-/m1/s1. The van der Waals surface area contributed by atoms with Crippen LogP contribution in [-0.2, 0) is 9.53 Å². The molecule has 1 amide bonds. The minimum absolute atomic E-state index is 0.0161. The maximum Gasteiger partial charge on any atom is 0.263 e. The Morgan fingerprint density at radius 2 is 2.03 bits per heavy atom. The summed E-state index contributed by atoms with van der Waals surface area (Å²) in [5.74, 6) is 0.106. The summed E-state index contributed by atoms with van der Waals surface area (Å²) < 4.78 is 25.1. The summed E-state index contributed by atoms with van der Waals surface area (Å²) in [6.45, 7) is 1.83. The van der Waals surface area contributed by atoms with E-state index in [1.165, 1.54) is 0 Å². The lowest BCUT2D eigenvalue weighted by molar-refractivity contribution is -0.118. The third kappa shape index (κ3) is 4.82. The van der Waals surface area contributed by atoms with Crippen LogP contribution in [0.3, 0.4) is 0 Å². The number of rotatable bonds is 6. The number of amides is 1. The first kappa shape index (κ1) is 21.8. The van der Waals surface area contributed by atoms with Gasteiger partial charge < -0.3 is 35.4 Å². The molecule has 1 aromatic carbocycles. The summed E-state index contributed by atoms with van der Waals surface area (Å²) in [6, 6.07) is 10.8. The molecule has 11 nitrogen and oxygen atoms in total. The Morgan fingerprint density at radius 1 is 1.18 bits per heavy atom. The van der Waals surface area contributed by atoms with Crippen LogP contribution in [0.5, 0.6) is 5.75 Å². The average molecular weight is 467 g/mol. The largest absolute Gasteiger partial charge is 0.480 e. The van der Waals surface area contributed by atoms with Gasteiger partial charge in [0.2, 0.25) is 5.95 Å². The number of ether oxygens (including phenoxy) is 2. The van der Waals surface area contributed by atoms with E-state index in [0.29, 0.717) is 18.9 Å². The maximum atomic E-state index is 14.3. The fourth-order valence-corrected chi connectivity index (χ4v) is 3.62. The predicted molar refractivity (Wildman–Crippen MR) is 122 cm³/mol. The van der Waals surface area contributed by atoms with Crippen LogP contribution < -0.4 is 25.6 Å². The van der Waals surface area contributed by atoms with Crippen LogP contribution in [0.25, 0.3) is 0 Å². The number of fused-ring (bicyclic) bond motifs is 1. The third-order valence-corrected chi connectivity index (χ3v) is 5.30. The van der Waals surface area contributed by atoms with Gasteiger partial charge in [-0.05, 0) is 36.4 Å². The van der Waals surface area contributed by atoms with Crippen LogP contribution in [0.2, 0.25) is 0 Å². The molecule has 2 aromatic heterocycles. The van der Waals surface area contributed by atoms with Gasteiger partial charge in [0.1, 0.15) is 5.82 Å². The van der Waals surface area contributed by atoms with E-state index in [4.69, 9.17) is 9.47 Å². The fourth-order valence-electron chi connectivity index (χ4n) is 3.62. The quantitative estimate of drug-likeness (QED) is 0.427. The van der Waals surface area contributed by atoms with Crippen molar-refractivity contribution in [3.63, 3.8) is 0 Å². The number of benzene rings is 1. The summed E-state index contributed by atoms with van der Waals surface area (Å²) in [4.78, 5) is 26.1. The van der Waals surface area contributed by atoms with Crippen molar-refractivity contribution in [1.29, 1.82) is 0 Å². The van der Waals surface area contributed by atoms with Crippen LogP contribution in [0.1, 0.15) is 0 Å². The molecule has 12 heteroatoms. The smallest absolute Gasteiger partial charge is 0.263 e. The molecule has 176 valence electrons. The number of halogens is 1. The van der Waals surface area contributed by atoms with Gasteiger partial charge in [-0.3, -0.25) is 4.79 Å². The topological polar surface area (TPSA) is 134 Å². The number of aliphatic hydroxyl groups is 1. The number of carbonyl (C=O) groups excluding carboxylic acids is 1. The van der Waals surface area contributed by atoms with Gasteiger partial charge in [-0.25, -0.2) is 14.4 Å². The zero-order valence-corrected chi connectivity index (χ0v) is 18.0. The van der Waals surface area contributed by atoms with Crippen molar-refractivity contribution in [3.05, 3.63) is 48.4 Å². The second-order valence-corrected chi connectivity index (χ2v) is 7.69. The zero-order valence-electron chi connectivity index (χ0n) is 18.0. The number of nitrogens with zero attached hydrogens (tertiary/aromatic N) is 4. The number of anilines is 6. The second-order valence-electron chi connectivity index (χ2n) is 7.69.